The monoisotopic (exact) mass is 328 g/mol. The predicted molar refractivity (Wildman–Crippen MR) is 78.5 cm³/mol. The molecule has 0 saturated carbocycles. The fourth-order valence-corrected chi connectivity index (χ4v) is 6.22. The van der Waals surface area contributed by atoms with Crippen molar-refractivity contribution in [1.82, 2.24) is 0 Å². The third-order valence-electron chi connectivity index (χ3n) is 4.96. The molecule has 0 spiro atoms. The summed E-state index contributed by atoms with van der Waals surface area (Å²) in [5, 5.41) is -0.975. The Hall–Kier alpha value is -1.30. The summed E-state index contributed by atoms with van der Waals surface area (Å²) in [6.07, 6.45) is 2.53. The van der Waals surface area contributed by atoms with Gasteiger partial charge in [-0.2, -0.15) is 0 Å². The number of aryl methyl sites for hydroxylation is 1. The highest BCUT2D eigenvalue weighted by molar-refractivity contribution is 7.92. The third-order valence-corrected chi connectivity index (χ3v) is 7.68. The van der Waals surface area contributed by atoms with Gasteiger partial charge in [0.05, 0.1) is 16.1 Å². The van der Waals surface area contributed by atoms with Gasteiger partial charge in [0.2, 0.25) is 0 Å². The highest BCUT2D eigenvalue weighted by Gasteiger charge is 2.46. The molecule has 2 heterocycles. The van der Waals surface area contributed by atoms with Crippen LogP contribution in [0.25, 0.3) is 0 Å². The van der Waals surface area contributed by atoms with E-state index in [1.165, 1.54) is 13.0 Å². The summed E-state index contributed by atoms with van der Waals surface area (Å²) < 4.78 is 51.7. The molecule has 2 aliphatic rings. The molecular formula is C16H18F2O3S. The highest BCUT2D eigenvalue weighted by Crippen LogP contribution is 2.40. The quantitative estimate of drug-likeness (QED) is 0.783. The molecule has 0 aromatic heterocycles. The third kappa shape index (κ3) is 2.47. The van der Waals surface area contributed by atoms with E-state index >= 15 is 0 Å². The first-order chi connectivity index (χ1) is 10.3. The van der Waals surface area contributed by atoms with E-state index in [-0.39, 0.29) is 24.0 Å². The van der Waals surface area contributed by atoms with Crippen LogP contribution in [0.5, 0.6) is 0 Å². The number of sulfone groups is 1. The van der Waals surface area contributed by atoms with Gasteiger partial charge < -0.3 is 0 Å². The maximum atomic E-state index is 13.9. The second-order valence-electron chi connectivity index (χ2n) is 6.38. The van der Waals surface area contributed by atoms with E-state index in [1.807, 2.05) is 0 Å². The molecule has 0 N–H and O–H groups in total. The molecule has 120 valence electrons. The van der Waals surface area contributed by atoms with Crippen molar-refractivity contribution < 1.29 is 22.0 Å². The van der Waals surface area contributed by atoms with Gasteiger partial charge in [0.1, 0.15) is 11.6 Å². The van der Waals surface area contributed by atoms with E-state index in [9.17, 15) is 22.0 Å². The zero-order chi connectivity index (χ0) is 16.1. The zero-order valence-corrected chi connectivity index (χ0v) is 13.1. The molecule has 6 heteroatoms. The molecule has 2 fully saturated rings. The molecule has 1 aromatic rings. The Labute approximate surface area is 128 Å². The Balaban J connectivity index is 1.90. The Kier molecular flexibility index (Phi) is 3.83. The van der Waals surface area contributed by atoms with Gasteiger partial charge in [-0.3, -0.25) is 4.79 Å². The topological polar surface area (TPSA) is 51.2 Å². The van der Waals surface area contributed by atoms with Crippen molar-refractivity contribution in [2.45, 2.75) is 49.5 Å². The zero-order valence-electron chi connectivity index (χ0n) is 12.3. The van der Waals surface area contributed by atoms with Crippen molar-refractivity contribution >= 4 is 15.6 Å². The molecule has 2 atom stereocenters. The Morgan fingerprint density at radius 1 is 1.09 bits per heavy atom. The molecule has 1 aromatic carbocycles. The van der Waals surface area contributed by atoms with Crippen LogP contribution in [-0.2, 0) is 9.84 Å². The van der Waals surface area contributed by atoms with E-state index in [1.54, 1.807) is 0 Å². The average molecular weight is 328 g/mol. The van der Waals surface area contributed by atoms with Crippen molar-refractivity contribution in [3.05, 3.63) is 34.9 Å². The molecule has 0 amide bonds. The Morgan fingerprint density at radius 2 is 1.68 bits per heavy atom. The second-order valence-corrected chi connectivity index (χ2v) is 8.89. The van der Waals surface area contributed by atoms with Crippen LogP contribution in [0, 0.1) is 24.5 Å². The second kappa shape index (κ2) is 5.41. The van der Waals surface area contributed by atoms with Gasteiger partial charge in [0, 0.05) is 12.0 Å². The summed E-state index contributed by atoms with van der Waals surface area (Å²) >= 11 is 0. The lowest BCUT2D eigenvalue weighted by Crippen LogP contribution is -2.45. The fourth-order valence-electron chi connectivity index (χ4n) is 3.69. The van der Waals surface area contributed by atoms with Crippen molar-refractivity contribution in [1.29, 1.82) is 0 Å². The average Bonchev–Trinajstić information content (AvgIpc) is 2.41. The standard InChI is InChI=1S/C16H18F2O3S/c1-9-5-13(15(18)8-14(9)17)16(19)10-6-11-3-2-4-12(7-10)22(11,20)21/h5,8,10-12H,2-4,6-7H2,1H3. The van der Waals surface area contributed by atoms with Crippen molar-refractivity contribution in [2.24, 2.45) is 5.92 Å². The van der Waals surface area contributed by atoms with Gasteiger partial charge in [-0.25, -0.2) is 17.2 Å². The number of fused-ring (bicyclic) bond motifs is 2. The molecular weight excluding hydrogens is 310 g/mol. The number of halogens is 2. The minimum Gasteiger partial charge on any atom is -0.294 e. The molecule has 0 radical (unpaired) electrons. The SMILES string of the molecule is Cc1cc(C(=O)C2CC3CCCC(C2)S3(=O)=O)c(F)cc1F. The highest BCUT2D eigenvalue weighted by atomic mass is 32.2. The van der Waals surface area contributed by atoms with Crippen LogP contribution in [-0.4, -0.2) is 24.7 Å². The minimum atomic E-state index is -3.15. The first-order valence-corrected chi connectivity index (χ1v) is 9.14. The van der Waals surface area contributed by atoms with Gasteiger partial charge in [-0.15, -0.1) is 0 Å². The normalized spacial score (nSPS) is 30.0. The van der Waals surface area contributed by atoms with Crippen LogP contribution >= 0.6 is 0 Å². The first-order valence-electron chi connectivity index (χ1n) is 7.53. The van der Waals surface area contributed by atoms with Crippen molar-refractivity contribution in [2.75, 3.05) is 0 Å². The van der Waals surface area contributed by atoms with Crippen LogP contribution in [0.4, 0.5) is 8.78 Å². The minimum absolute atomic E-state index is 0.124. The molecule has 22 heavy (non-hydrogen) atoms. The molecule has 3 rings (SSSR count). The summed E-state index contributed by atoms with van der Waals surface area (Å²) in [4.78, 5) is 12.6. The maximum absolute atomic E-state index is 13.9. The Morgan fingerprint density at radius 3 is 2.27 bits per heavy atom. The van der Waals surface area contributed by atoms with Gasteiger partial charge in [0.25, 0.3) is 0 Å². The number of hydrogen-bond donors (Lipinski definition) is 0. The van der Waals surface area contributed by atoms with Crippen LogP contribution < -0.4 is 0 Å². The molecule has 2 unspecified atom stereocenters. The van der Waals surface area contributed by atoms with E-state index in [4.69, 9.17) is 0 Å². The smallest absolute Gasteiger partial charge is 0.168 e. The van der Waals surface area contributed by atoms with E-state index in [2.05, 4.69) is 0 Å². The number of Topliss-reactive ketones (excluding diaryl/α,β-unsaturated/α-hetero) is 1. The van der Waals surface area contributed by atoms with Crippen LogP contribution in [0.2, 0.25) is 0 Å². The van der Waals surface area contributed by atoms with Crippen molar-refractivity contribution in [3.63, 3.8) is 0 Å². The summed E-state index contributed by atoms with van der Waals surface area (Å²) in [6.45, 7) is 1.48. The lowest BCUT2D eigenvalue weighted by Gasteiger charge is -2.38. The fraction of sp³-hybridized carbons (Fsp3) is 0.562. The number of carbonyl (C=O) groups excluding carboxylic acids is 1. The summed E-state index contributed by atoms with van der Waals surface area (Å²) in [5.41, 5.74) is 0.0923. The largest absolute Gasteiger partial charge is 0.294 e. The number of benzene rings is 1. The van der Waals surface area contributed by atoms with E-state index < -0.39 is 43.7 Å². The van der Waals surface area contributed by atoms with Crippen LogP contribution in [0.3, 0.4) is 0 Å². The summed E-state index contributed by atoms with van der Waals surface area (Å²) in [7, 11) is -3.15. The maximum Gasteiger partial charge on any atom is 0.168 e. The first kappa shape index (κ1) is 15.6. The molecule has 3 nitrogen and oxygen atoms in total. The van der Waals surface area contributed by atoms with E-state index in [0.29, 0.717) is 12.8 Å². The summed E-state index contributed by atoms with van der Waals surface area (Å²) in [6, 6.07) is 1.95. The number of rotatable bonds is 2. The Bertz CT molecular complexity index is 707. The van der Waals surface area contributed by atoms with Gasteiger partial charge in [0.15, 0.2) is 15.6 Å². The van der Waals surface area contributed by atoms with E-state index in [0.717, 1.165) is 12.5 Å². The van der Waals surface area contributed by atoms with Crippen LogP contribution in [0.1, 0.15) is 48.0 Å². The number of carbonyl (C=O) groups is 1. The number of hydrogen-bond acceptors (Lipinski definition) is 3. The molecule has 2 saturated heterocycles. The predicted octanol–water partition coefficient (Wildman–Crippen LogP) is 3.20. The summed E-state index contributed by atoms with van der Waals surface area (Å²) in [5.74, 6) is -2.44. The molecule has 2 bridgehead atoms. The molecule has 0 aliphatic carbocycles. The van der Waals surface area contributed by atoms with Gasteiger partial charge in [-0.1, -0.05) is 6.42 Å². The van der Waals surface area contributed by atoms with Gasteiger partial charge in [-0.05, 0) is 44.2 Å². The molecule has 2 aliphatic heterocycles. The van der Waals surface area contributed by atoms with Crippen molar-refractivity contribution in [3.8, 4) is 0 Å². The number of ketones is 1. The van der Waals surface area contributed by atoms with Crippen LogP contribution in [0.15, 0.2) is 12.1 Å². The lowest BCUT2D eigenvalue weighted by atomic mass is 9.84. The lowest BCUT2D eigenvalue weighted by molar-refractivity contribution is 0.0889. The van der Waals surface area contributed by atoms with Gasteiger partial charge >= 0.3 is 0 Å².